The van der Waals surface area contributed by atoms with Gasteiger partial charge in [0, 0.05) is 13.1 Å². The first-order valence-electron chi connectivity index (χ1n) is 9.35. The molecule has 2 unspecified atom stereocenters. The molecule has 0 bridgehead atoms. The van der Waals surface area contributed by atoms with Crippen LogP contribution in [0.15, 0.2) is 53.7 Å². The van der Waals surface area contributed by atoms with Crippen molar-refractivity contribution in [3.8, 4) is 0 Å². The molecule has 2 atom stereocenters. The fourth-order valence-electron chi connectivity index (χ4n) is 3.13. The molecule has 13 heteroatoms. The predicted molar refractivity (Wildman–Crippen MR) is 110 cm³/mol. The van der Waals surface area contributed by atoms with Gasteiger partial charge >= 0.3 is 22.5 Å². The normalized spacial score (nSPS) is 14.5. The minimum Gasteiger partial charge on any atom is -0.326 e. The van der Waals surface area contributed by atoms with Gasteiger partial charge in [-0.25, -0.2) is 0 Å². The average Bonchev–Trinajstić information content (AvgIpc) is 2.70. The molecule has 6 nitrogen and oxygen atoms in total. The lowest BCUT2D eigenvalue weighted by atomic mass is 9.81. The Bertz CT molecular complexity index is 999. The Morgan fingerprint density at radius 2 is 1.15 bits per heavy atom. The first kappa shape index (κ1) is 26.6. The van der Waals surface area contributed by atoms with Crippen LogP contribution in [0.3, 0.4) is 0 Å². The van der Waals surface area contributed by atoms with Crippen molar-refractivity contribution in [2.24, 2.45) is 16.6 Å². The van der Waals surface area contributed by atoms with E-state index in [1.54, 1.807) is 0 Å². The lowest BCUT2D eigenvalue weighted by molar-refractivity contribution is -0.148. The number of hydrogen-bond donors (Lipinski definition) is 2. The van der Waals surface area contributed by atoms with Crippen molar-refractivity contribution in [2.45, 2.75) is 37.3 Å². The summed E-state index contributed by atoms with van der Waals surface area (Å²) in [6.45, 7) is -0.0124. The molecule has 182 valence electrons. The Morgan fingerprint density at radius 3 is 1.39 bits per heavy atom. The number of hydrogen-bond acceptors (Lipinski definition) is 6. The van der Waals surface area contributed by atoms with Gasteiger partial charge in [0.05, 0.1) is 12.0 Å². The van der Waals surface area contributed by atoms with Gasteiger partial charge in [0.1, 0.15) is 11.8 Å². The number of nitrogens with two attached hydrogens (primary N) is 2. The van der Waals surface area contributed by atoms with E-state index in [2.05, 4.69) is 9.44 Å². The maximum atomic E-state index is 14.1. The van der Waals surface area contributed by atoms with Crippen LogP contribution in [0, 0.1) is 0 Å². The number of halogens is 6. The van der Waals surface area contributed by atoms with Crippen LogP contribution in [-0.2, 0) is 27.5 Å². The van der Waals surface area contributed by atoms with E-state index in [4.69, 9.17) is 11.5 Å². The van der Waals surface area contributed by atoms with Crippen LogP contribution < -0.4 is 11.5 Å². The smallest absolute Gasteiger partial charge is 0.326 e. The van der Waals surface area contributed by atoms with Crippen molar-refractivity contribution in [3.05, 3.63) is 70.8 Å². The van der Waals surface area contributed by atoms with Gasteiger partial charge in [0.25, 0.3) is 0 Å². The van der Waals surface area contributed by atoms with Gasteiger partial charge in [-0.15, -0.1) is 0 Å². The largest absolute Gasteiger partial charge is 0.401 e. The Morgan fingerprint density at radius 1 is 0.818 bits per heavy atom. The van der Waals surface area contributed by atoms with Crippen molar-refractivity contribution >= 4 is 15.8 Å². The number of alkyl halides is 6. The molecule has 0 spiro atoms. The van der Waals surface area contributed by atoms with Crippen LogP contribution in [-0.4, -0.2) is 32.7 Å². The van der Waals surface area contributed by atoms with Crippen molar-refractivity contribution < 1.29 is 39.0 Å². The maximum Gasteiger partial charge on any atom is 0.401 e. The Balaban J connectivity index is 2.80. The summed E-state index contributed by atoms with van der Waals surface area (Å²) >= 11 is 0. The zero-order valence-corrected chi connectivity index (χ0v) is 18.0. The van der Waals surface area contributed by atoms with Crippen LogP contribution in [0.25, 0.3) is 0 Å². The SMILES string of the molecule is CS(=O)(=O)ON=C(C(c1ccc(CN)cc1)C(F)(F)F)C(c1ccc(CN)cc1)C(F)(F)F. The summed E-state index contributed by atoms with van der Waals surface area (Å²) in [5, 5.41) is 2.91. The summed E-state index contributed by atoms with van der Waals surface area (Å²) < 4.78 is 112. The van der Waals surface area contributed by atoms with Crippen molar-refractivity contribution in [1.82, 2.24) is 0 Å². The van der Waals surface area contributed by atoms with Gasteiger partial charge in [-0.3, -0.25) is 4.28 Å². The topological polar surface area (TPSA) is 108 Å². The van der Waals surface area contributed by atoms with E-state index in [0.29, 0.717) is 17.4 Å². The van der Waals surface area contributed by atoms with Crippen molar-refractivity contribution in [3.63, 3.8) is 0 Å². The lowest BCUT2D eigenvalue weighted by Gasteiger charge is -2.29. The van der Waals surface area contributed by atoms with Gasteiger partial charge < -0.3 is 11.5 Å². The third-order valence-corrected chi connectivity index (χ3v) is 4.97. The molecule has 2 rings (SSSR count). The minimum absolute atomic E-state index is 0.00618. The zero-order chi connectivity index (χ0) is 25.0. The molecule has 0 fully saturated rings. The van der Waals surface area contributed by atoms with Gasteiger partial charge in [-0.2, -0.15) is 34.8 Å². The number of benzene rings is 2. The van der Waals surface area contributed by atoms with Gasteiger partial charge in [0.2, 0.25) is 0 Å². The fourth-order valence-corrected chi connectivity index (χ4v) is 3.35. The van der Waals surface area contributed by atoms with Crippen LogP contribution in [0.2, 0.25) is 0 Å². The predicted octanol–water partition coefficient (Wildman–Crippen LogP) is 3.93. The molecule has 4 N–H and O–H groups in total. The van der Waals surface area contributed by atoms with Gasteiger partial charge in [0.15, 0.2) is 0 Å². The average molecular weight is 497 g/mol. The van der Waals surface area contributed by atoms with E-state index in [1.807, 2.05) is 0 Å². The Hall–Kier alpha value is -2.64. The minimum atomic E-state index is -5.27. The molecule has 0 aliphatic rings. The molecule has 2 aromatic carbocycles. The van der Waals surface area contributed by atoms with Crippen molar-refractivity contribution in [2.75, 3.05) is 6.26 Å². The molecule has 0 radical (unpaired) electrons. The monoisotopic (exact) mass is 497 g/mol. The lowest BCUT2D eigenvalue weighted by Crippen LogP contribution is -2.38. The van der Waals surface area contributed by atoms with Crippen LogP contribution in [0.4, 0.5) is 26.3 Å². The van der Waals surface area contributed by atoms with Gasteiger partial charge in [-0.05, 0) is 22.3 Å². The highest BCUT2D eigenvalue weighted by Gasteiger charge is 2.54. The van der Waals surface area contributed by atoms with E-state index in [-0.39, 0.29) is 13.1 Å². The first-order chi connectivity index (χ1) is 15.2. The second-order valence-corrected chi connectivity index (χ2v) is 8.69. The molecule has 33 heavy (non-hydrogen) atoms. The van der Waals surface area contributed by atoms with Crippen molar-refractivity contribution in [1.29, 1.82) is 0 Å². The highest BCUT2D eigenvalue weighted by atomic mass is 32.2. The Kier molecular flexibility index (Phi) is 8.14. The number of rotatable bonds is 8. The standard InChI is InChI=1S/C20H21F6N3O3S/c1-33(30,31)32-29-18(16(19(21,22)23)14-6-2-12(10-27)3-7-14)17(20(24,25)26)15-8-4-13(11-28)5-9-15/h2-9,16-17H,10-11,27-28H2,1H3. The zero-order valence-electron chi connectivity index (χ0n) is 17.2. The molecule has 0 heterocycles. The molecule has 0 aliphatic carbocycles. The first-order valence-corrected chi connectivity index (χ1v) is 11.2. The van der Waals surface area contributed by atoms with Crippen LogP contribution in [0.1, 0.15) is 34.1 Å². The second-order valence-electron chi connectivity index (χ2n) is 7.14. The molecular weight excluding hydrogens is 476 g/mol. The molecule has 0 aliphatic heterocycles. The Labute approximate surface area is 186 Å². The van der Waals surface area contributed by atoms with Crippen LogP contribution >= 0.6 is 0 Å². The van der Waals surface area contributed by atoms with E-state index in [9.17, 15) is 34.8 Å². The summed E-state index contributed by atoms with van der Waals surface area (Å²) in [7, 11) is -4.52. The number of nitrogens with zero attached hydrogens (tertiary/aromatic N) is 1. The highest BCUT2D eigenvalue weighted by Crippen LogP contribution is 2.45. The fraction of sp³-hybridized carbons (Fsp3) is 0.350. The third kappa shape index (κ3) is 7.17. The summed E-state index contributed by atoms with van der Waals surface area (Å²) in [4.78, 5) is 0. The second kappa shape index (κ2) is 10.1. The molecule has 0 amide bonds. The molecule has 0 aromatic heterocycles. The third-order valence-electron chi connectivity index (χ3n) is 4.62. The van der Waals surface area contributed by atoms with E-state index < -0.39 is 51.1 Å². The van der Waals surface area contributed by atoms with Gasteiger partial charge in [-0.1, -0.05) is 53.7 Å². The van der Waals surface area contributed by atoms with Crippen LogP contribution in [0.5, 0.6) is 0 Å². The quantitative estimate of drug-likeness (QED) is 0.327. The summed E-state index contributed by atoms with van der Waals surface area (Å²) in [5.74, 6) is -5.85. The van der Waals surface area contributed by atoms with E-state index in [0.717, 1.165) is 24.3 Å². The number of oxime groups is 1. The summed E-state index contributed by atoms with van der Waals surface area (Å²) in [6, 6.07) is 8.73. The van der Waals surface area contributed by atoms with E-state index >= 15 is 0 Å². The maximum absolute atomic E-state index is 14.1. The molecule has 2 aromatic rings. The summed E-state index contributed by atoms with van der Waals surface area (Å²) in [6.07, 6.45) is -10.1. The highest BCUT2D eigenvalue weighted by molar-refractivity contribution is 7.85. The molecule has 0 saturated carbocycles. The molecular formula is C20H21F6N3O3S. The molecule has 0 saturated heterocycles. The van der Waals surface area contributed by atoms with E-state index in [1.165, 1.54) is 24.3 Å². The summed E-state index contributed by atoms with van der Waals surface area (Å²) in [5.41, 5.74) is 8.97.